The highest BCUT2D eigenvalue weighted by Crippen LogP contribution is 2.27. The molecule has 0 aromatic heterocycles. The summed E-state index contributed by atoms with van der Waals surface area (Å²) in [5.74, 6) is 0.638. The van der Waals surface area contributed by atoms with Crippen molar-refractivity contribution in [3.05, 3.63) is 53.6 Å². The van der Waals surface area contributed by atoms with Crippen LogP contribution in [0.3, 0.4) is 0 Å². The number of hydrogen-bond donors (Lipinski definition) is 2. The first-order chi connectivity index (χ1) is 12.7. The maximum atomic E-state index is 12.3. The Morgan fingerprint density at radius 1 is 1.23 bits per heavy atom. The first kappa shape index (κ1) is 18.4. The van der Waals surface area contributed by atoms with Gasteiger partial charge < -0.3 is 19.9 Å². The summed E-state index contributed by atoms with van der Waals surface area (Å²) < 4.78 is 10.9. The fourth-order valence-electron chi connectivity index (χ4n) is 2.97. The van der Waals surface area contributed by atoms with Crippen LogP contribution in [-0.2, 0) is 11.3 Å². The molecular weight excluding hydrogens is 330 g/mol. The van der Waals surface area contributed by atoms with Crippen LogP contribution < -0.4 is 10.1 Å². The van der Waals surface area contributed by atoms with E-state index < -0.39 is 0 Å². The first-order valence-corrected chi connectivity index (χ1v) is 9.07. The fraction of sp³-hybridized carbons (Fsp3) is 0.381. The molecule has 2 N–H and O–H groups in total. The molecule has 5 heteroatoms. The van der Waals surface area contributed by atoms with E-state index in [1.807, 2.05) is 49.4 Å². The van der Waals surface area contributed by atoms with Gasteiger partial charge in [0, 0.05) is 17.7 Å². The number of aliphatic hydroxyl groups is 1. The summed E-state index contributed by atoms with van der Waals surface area (Å²) in [6, 6.07) is 13.4. The summed E-state index contributed by atoms with van der Waals surface area (Å²) in [4.78, 5) is 12.3. The van der Waals surface area contributed by atoms with Crippen molar-refractivity contribution in [1.29, 1.82) is 0 Å². The molecule has 2 aromatic carbocycles. The smallest absolute Gasteiger partial charge is 0.251 e. The number of aliphatic hydroxyl groups excluding tert-OH is 1. The van der Waals surface area contributed by atoms with Crippen molar-refractivity contribution in [1.82, 2.24) is 5.32 Å². The molecule has 1 aliphatic heterocycles. The zero-order chi connectivity index (χ0) is 18.4. The summed E-state index contributed by atoms with van der Waals surface area (Å²) >= 11 is 0. The van der Waals surface area contributed by atoms with E-state index in [9.17, 15) is 9.90 Å². The van der Waals surface area contributed by atoms with Crippen LogP contribution in [-0.4, -0.2) is 36.9 Å². The molecule has 0 radical (unpaired) electrons. The molecule has 5 nitrogen and oxygen atoms in total. The van der Waals surface area contributed by atoms with Crippen molar-refractivity contribution in [2.45, 2.75) is 32.4 Å². The molecule has 0 saturated carbocycles. The van der Waals surface area contributed by atoms with Gasteiger partial charge in [-0.3, -0.25) is 4.79 Å². The topological polar surface area (TPSA) is 67.8 Å². The number of hydrogen-bond acceptors (Lipinski definition) is 4. The molecule has 2 aromatic rings. The van der Waals surface area contributed by atoms with Crippen LogP contribution in [0.1, 0.15) is 35.7 Å². The van der Waals surface area contributed by atoms with E-state index in [0.29, 0.717) is 31.1 Å². The Morgan fingerprint density at radius 2 is 2.00 bits per heavy atom. The van der Waals surface area contributed by atoms with Gasteiger partial charge in [0.2, 0.25) is 0 Å². The highest BCUT2D eigenvalue weighted by Gasteiger charge is 2.18. The van der Waals surface area contributed by atoms with Gasteiger partial charge in [0.1, 0.15) is 5.75 Å². The molecule has 3 rings (SSSR count). The lowest BCUT2D eigenvalue weighted by molar-refractivity contribution is 0.0930. The van der Waals surface area contributed by atoms with Crippen molar-refractivity contribution < 1.29 is 19.4 Å². The summed E-state index contributed by atoms with van der Waals surface area (Å²) in [5, 5.41) is 12.6. The van der Waals surface area contributed by atoms with E-state index in [1.165, 1.54) is 0 Å². The van der Waals surface area contributed by atoms with Gasteiger partial charge in [-0.2, -0.15) is 0 Å². The zero-order valence-corrected chi connectivity index (χ0v) is 15.0. The number of carbonyl (C=O) groups is 1. The molecule has 1 saturated heterocycles. The minimum atomic E-state index is -0.0774. The normalized spacial score (nSPS) is 16.5. The molecule has 138 valence electrons. The number of nitrogens with one attached hydrogen (secondary N) is 1. The monoisotopic (exact) mass is 355 g/mol. The van der Waals surface area contributed by atoms with E-state index in [1.54, 1.807) is 0 Å². The second-order valence-corrected chi connectivity index (χ2v) is 6.44. The first-order valence-electron chi connectivity index (χ1n) is 9.07. The Balaban J connectivity index is 1.72. The SMILES string of the molecule is CCCOc1ccc(-c2ccc(C(=O)N[C@@H]3CCOC3)cc2)cc1CO. The zero-order valence-electron chi connectivity index (χ0n) is 15.0. The third kappa shape index (κ3) is 4.42. The van der Waals surface area contributed by atoms with Gasteiger partial charge in [0.05, 0.1) is 25.9 Å². The third-order valence-corrected chi connectivity index (χ3v) is 4.44. The Morgan fingerprint density at radius 3 is 2.65 bits per heavy atom. The van der Waals surface area contributed by atoms with E-state index in [2.05, 4.69) is 5.32 Å². The van der Waals surface area contributed by atoms with E-state index in [-0.39, 0.29) is 18.6 Å². The lowest BCUT2D eigenvalue weighted by atomic mass is 10.0. The maximum absolute atomic E-state index is 12.3. The average molecular weight is 355 g/mol. The standard InChI is InChI=1S/C21H25NO4/c1-2-10-26-20-8-7-17(12-18(20)13-23)15-3-5-16(6-4-15)21(24)22-19-9-11-25-14-19/h3-8,12,19,23H,2,9-11,13-14H2,1H3,(H,22,24)/t19-/m1/s1. The Labute approximate surface area is 153 Å². The third-order valence-electron chi connectivity index (χ3n) is 4.44. The van der Waals surface area contributed by atoms with Crippen LogP contribution in [0.5, 0.6) is 5.75 Å². The van der Waals surface area contributed by atoms with Crippen molar-refractivity contribution >= 4 is 5.91 Å². The molecule has 1 aliphatic rings. The second-order valence-electron chi connectivity index (χ2n) is 6.44. The van der Waals surface area contributed by atoms with Crippen LogP contribution in [0.2, 0.25) is 0 Å². The van der Waals surface area contributed by atoms with Crippen molar-refractivity contribution in [3.63, 3.8) is 0 Å². The number of amides is 1. The fourth-order valence-corrected chi connectivity index (χ4v) is 2.97. The number of carbonyl (C=O) groups excluding carboxylic acids is 1. The summed E-state index contributed by atoms with van der Waals surface area (Å²) in [6.45, 7) is 3.89. The molecule has 1 atom stereocenters. The Kier molecular flexibility index (Phi) is 6.26. The quantitative estimate of drug-likeness (QED) is 0.801. The Bertz CT molecular complexity index is 736. The van der Waals surface area contributed by atoms with Crippen LogP contribution in [0, 0.1) is 0 Å². The molecule has 0 spiro atoms. The molecule has 0 bridgehead atoms. The minimum Gasteiger partial charge on any atom is -0.493 e. The Hall–Kier alpha value is -2.37. The van der Waals surface area contributed by atoms with Gasteiger partial charge >= 0.3 is 0 Å². The van der Waals surface area contributed by atoms with Gasteiger partial charge in [0.15, 0.2) is 0 Å². The van der Waals surface area contributed by atoms with Crippen LogP contribution in [0.25, 0.3) is 11.1 Å². The van der Waals surface area contributed by atoms with Gasteiger partial charge in [-0.15, -0.1) is 0 Å². The molecular formula is C21H25NO4. The maximum Gasteiger partial charge on any atom is 0.251 e. The molecule has 1 amide bonds. The second kappa shape index (κ2) is 8.83. The number of rotatable bonds is 7. The van der Waals surface area contributed by atoms with Crippen LogP contribution >= 0.6 is 0 Å². The molecule has 0 unspecified atom stereocenters. The van der Waals surface area contributed by atoms with Gasteiger partial charge in [-0.1, -0.05) is 25.1 Å². The number of benzene rings is 2. The van der Waals surface area contributed by atoms with E-state index in [0.717, 1.165) is 29.5 Å². The largest absolute Gasteiger partial charge is 0.493 e. The molecule has 1 heterocycles. The molecule has 26 heavy (non-hydrogen) atoms. The summed E-state index contributed by atoms with van der Waals surface area (Å²) in [5.41, 5.74) is 3.36. The lowest BCUT2D eigenvalue weighted by Crippen LogP contribution is -2.34. The van der Waals surface area contributed by atoms with Crippen molar-refractivity contribution in [2.75, 3.05) is 19.8 Å². The van der Waals surface area contributed by atoms with Gasteiger partial charge in [-0.25, -0.2) is 0 Å². The summed E-state index contributed by atoms with van der Waals surface area (Å²) in [7, 11) is 0. The van der Waals surface area contributed by atoms with E-state index >= 15 is 0 Å². The van der Waals surface area contributed by atoms with Crippen molar-refractivity contribution in [2.24, 2.45) is 0 Å². The molecule has 0 aliphatic carbocycles. The summed E-state index contributed by atoms with van der Waals surface area (Å²) in [6.07, 6.45) is 1.78. The van der Waals surface area contributed by atoms with Gasteiger partial charge in [0.25, 0.3) is 5.91 Å². The number of ether oxygens (including phenoxy) is 2. The van der Waals surface area contributed by atoms with Crippen molar-refractivity contribution in [3.8, 4) is 16.9 Å². The lowest BCUT2D eigenvalue weighted by Gasteiger charge is -2.12. The average Bonchev–Trinajstić information content (AvgIpc) is 3.19. The highest BCUT2D eigenvalue weighted by atomic mass is 16.5. The van der Waals surface area contributed by atoms with Gasteiger partial charge in [-0.05, 0) is 48.2 Å². The molecule has 1 fully saturated rings. The predicted molar refractivity (Wildman–Crippen MR) is 100 cm³/mol. The van der Waals surface area contributed by atoms with E-state index in [4.69, 9.17) is 9.47 Å². The van der Waals surface area contributed by atoms with Crippen LogP contribution in [0.4, 0.5) is 0 Å². The predicted octanol–water partition coefficient (Wildman–Crippen LogP) is 3.15. The highest BCUT2D eigenvalue weighted by molar-refractivity contribution is 5.94. The minimum absolute atomic E-state index is 0.0726. The van der Waals surface area contributed by atoms with Crippen LogP contribution in [0.15, 0.2) is 42.5 Å².